The zero-order chi connectivity index (χ0) is 18.7. The third-order valence-corrected chi connectivity index (χ3v) is 6.15. The minimum atomic E-state index is -0.384. The molecule has 27 heavy (non-hydrogen) atoms. The molecule has 5 rings (SSSR count). The number of carbonyl (C=O) groups excluding carboxylic acids is 2. The van der Waals surface area contributed by atoms with Gasteiger partial charge in [-0.2, -0.15) is 0 Å². The van der Waals surface area contributed by atoms with Crippen LogP contribution < -0.4 is 4.90 Å². The Morgan fingerprint density at radius 2 is 1.56 bits per heavy atom. The summed E-state index contributed by atoms with van der Waals surface area (Å²) >= 11 is 0. The Morgan fingerprint density at radius 3 is 2.30 bits per heavy atom. The third kappa shape index (κ3) is 2.32. The summed E-state index contributed by atoms with van der Waals surface area (Å²) in [7, 11) is 0. The van der Waals surface area contributed by atoms with E-state index >= 15 is 0 Å². The van der Waals surface area contributed by atoms with Crippen LogP contribution in [0.15, 0.2) is 48.5 Å². The summed E-state index contributed by atoms with van der Waals surface area (Å²) in [6.45, 7) is 5.69. The van der Waals surface area contributed by atoms with Gasteiger partial charge in [-0.3, -0.25) is 9.59 Å². The van der Waals surface area contributed by atoms with Crippen LogP contribution in [0.2, 0.25) is 0 Å². The minimum Gasteiger partial charge on any atom is -0.274 e. The van der Waals surface area contributed by atoms with Gasteiger partial charge in [-0.05, 0) is 43.0 Å². The fourth-order valence-electron chi connectivity index (χ4n) is 4.96. The SMILES string of the molecule is Cc1ccc(C)c(N2C(=O)[C@H]3[C@@H](C2=O)N2CCCN2[C@H]3c2ccccc2)c1. The predicted octanol–water partition coefficient (Wildman–Crippen LogP) is 2.84. The van der Waals surface area contributed by atoms with Gasteiger partial charge in [0.2, 0.25) is 5.91 Å². The van der Waals surface area contributed by atoms with E-state index in [1.165, 1.54) is 4.90 Å². The van der Waals surface area contributed by atoms with Crippen molar-refractivity contribution in [2.24, 2.45) is 5.92 Å². The highest BCUT2D eigenvalue weighted by Gasteiger charge is 2.62. The van der Waals surface area contributed by atoms with Crippen molar-refractivity contribution in [1.82, 2.24) is 10.0 Å². The van der Waals surface area contributed by atoms with Crippen molar-refractivity contribution in [3.63, 3.8) is 0 Å². The number of aryl methyl sites for hydroxylation is 2. The summed E-state index contributed by atoms with van der Waals surface area (Å²) in [6, 6.07) is 15.6. The number of imide groups is 1. The Kier molecular flexibility index (Phi) is 3.71. The molecular formula is C22H23N3O2. The molecule has 0 radical (unpaired) electrons. The zero-order valence-electron chi connectivity index (χ0n) is 15.6. The largest absolute Gasteiger partial charge is 0.274 e. The number of hydrazine groups is 1. The normalized spacial score (nSPS) is 28.1. The first-order valence-corrected chi connectivity index (χ1v) is 9.61. The Balaban J connectivity index is 1.61. The molecule has 0 N–H and O–H groups in total. The molecular weight excluding hydrogens is 338 g/mol. The maximum atomic E-state index is 13.5. The molecule has 2 aromatic carbocycles. The predicted molar refractivity (Wildman–Crippen MR) is 103 cm³/mol. The first-order chi connectivity index (χ1) is 13.1. The van der Waals surface area contributed by atoms with Gasteiger partial charge in [-0.1, -0.05) is 42.5 Å². The lowest BCUT2D eigenvalue weighted by atomic mass is 9.90. The number of hydrogen-bond acceptors (Lipinski definition) is 4. The average Bonchev–Trinajstić information content (AvgIpc) is 3.31. The minimum absolute atomic E-state index is 0.0646. The lowest BCUT2D eigenvalue weighted by Gasteiger charge is -2.30. The highest BCUT2D eigenvalue weighted by atomic mass is 16.2. The number of amides is 2. The van der Waals surface area contributed by atoms with Crippen LogP contribution in [0.5, 0.6) is 0 Å². The van der Waals surface area contributed by atoms with Crippen molar-refractivity contribution >= 4 is 17.5 Å². The molecule has 2 amide bonds. The molecule has 0 unspecified atom stereocenters. The van der Waals surface area contributed by atoms with E-state index in [4.69, 9.17) is 0 Å². The number of anilines is 1. The number of nitrogens with zero attached hydrogens (tertiary/aromatic N) is 3. The number of fused-ring (bicyclic) bond motifs is 3. The molecule has 5 heteroatoms. The van der Waals surface area contributed by atoms with Gasteiger partial charge in [-0.15, -0.1) is 0 Å². The molecule has 3 aliphatic rings. The molecule has 0 aliphatic carbocycles. The van der Waals surface area contributed by atoms with Gasteiger partial charge in [0.15, 0.2) is 0 Å². The highest BCUT2D eigenvalue weighted by Crippen LogP contribution is 2.49. The zero-order valence-corrected chi connectivity index (χ0v) is 15.6. The number of rotatable bonds is 2. The van der Waals surface area contributed by atoms with E-state index in [1.54, 1.807) is 0 Å². The van der Waals surface area contributed by atoms with Crippen molar-refractivity contribution in [3.05, 3.63) is 65.2 Å². The van der Waals surface area contributed by atoms with Crippen molar-refractivity contribution in [2.45, 2.75) is 32.4 Å². The smallest absolute Gasteiger partial charge is 0.253 e. The fourth-order valence-corrected chi connectivity index (χ4v) is 4.96. The number of benzene rings is 2. The van der Waals surface area contributed by atoms with E-state index < -0.39 is 0 Å². The summed E-state index contributed by atoms with van der Waals surface area (Å²) in [4.78, 5) is 28.4. The molecule has 3 saturated heterocycles. The molecule has 3 heterocycles. The topological polar surface area (TPSA) is 43.9 Å². The van der Waals surface area contributed by atoms with Gasteiger partial charge < -0.3 is 0 Å². The molecule has 5 nitrogen and oxygen atoms in total. The molecule has 0 saturated carbocycles. The molecule has 138 valence electrons. The molecule has 3 atom stereocenters. The molecule has 3 fully saturated rings. The van der Waals surface area contributed by atoms with Crippen LogP contribution in [0, 0.1) is 19.8 Å². The maximum absolute atomic E-state index is 13.5. The van der Waals surface area contributed by atoms with Gasteiger partial charge in [0.25, 0.3) is 5.91 Å². The standard InChI is InChI=1S/C22H23N3O2/c1-14-9-10-15(2)17(13-14)25-21(26)18-19(16-7-4-3-5-8-16)23-11-6-12-24(23)20(18)22(25)27/h3-5,7-10,13,18-20H,6,11-12H2,1-2H3/t18-,19+,20+/m1/s1. The van der Waals surface area contributed by atoms with Crippen molar-refractivity contribution in [1.29, 1.82) is 0 Å². The van der Waals surface area contributed by atoms with Gasteiger partial charge in [0.05, 0.1) is 17.6 Å². The Bertz CT molecular complexity index is 926. The van der Waals surface area contributed by atoms with Crippen LogP contribution in [0.25, 0.3) is 0 Å². The summed E-state index contributed by atoms with van der Waals surface area (Å²) in [5.41, 5.74) is 3.85. The Labute approximate surface area is 159 Å². The second kappa shape index (κ2) is 6.01. The van der Waals surface area contributed by atoms with E-state index in [1.807, 2.05) is 50.2 Å². The van der Waals surface area contributed by atoms with Crippen LogP contribution >= 0.6 is 0 Å². The number of hydrogen-bond donors (Lipinski definition) is 0. The lowest BCUT2D eigenvalue weighted by molar-refractivity contribution is -0.126. The highest BCUT2D eigenvalue weighted by molar-refractivity contribution is 6.24. The monoisotopic (exact) mass is 361 g/mol. The van der Waals surface area contributed by atoms with Crippen molar-refractivity contribution in [3.8, 4) is 0 Å². The van der Waals surface area contributed by atoms with Gasteiger partial charge in [0, 0.05) is 13.1 Å². The number of carbonyl (C=O) groups is 2. The van der Waals surface area contributed by atoms with Crippen molar-refractivity contribution < 1.29 is 9.59 Å². The molecule has 3 aliphatic heterocycles. The van der Waals surface area contributed by atoms with E-state index in [-0.39, 0.29) is 29.8 Å². The van der Waals surface area contributed by atoms with Gasteiger partial charge in [-0.25, -0.2) is 14.9 Å². The average molecular weight is 361 g/mol. The lowest BCUT2D eigenvalue weighted by Crippen LogP contribution is -2.44. The second-order valence-electron chi connectivity index (χ2n) is 7.81. The summed E-state index contributed by atoms with van der Waals surface area (Å²) in [6.07, 6.45) is 1.03. The van der Waals surface area contributed by atoms with Gasteiger partial charge in [0.1, 0.15) is 6.04 Å². The first-order valence-electron chi connectivity index (χ1n) is 9.61. The van der Waals surface area contributed by atoms with Crippen LogP contribution in [0.4, 0.5) is 5.69 Å². The quantitative estimate of drug-likeness (QED) is 0.772. The third-order valence-electron chi connectivity index (χ3n) is 6.15. The molecule has 0 aromatic heterocycles. The van der Waals surface area contributed by atoms with Crippen LogP contribution in [-0.4, -0.2) is 41.0 Å². The van der Waals surface area contributed by atoms with E-state index in [2.05, 4.69) is 22.2 Å². The Hall–Kier alpha value is -2.50. The second-order valence-corrected chi connectivity index (χ2v) is 7.81. The van der Waals surface area contributed by atoms with Crippen LogP contribution in [-0.2, 0) is 9.59 Å². The van der Waals surface area contributed by atoms with E-state index in [0.717, 1.165) is 41.9 Å². The first kappa shape index (κ1) is 16.7. The molecule has 2 aromatic rings. The maximum Gasteiger partial charge on any atom is 0.253 e. The van der Waals surface area contributed by atoms with Crippen molar-refractivity contribution in [2.75, 3.05) is 18.0 Å². The Morgan fingerprint density at radius 1 is 0.852 bits per heavy atom. The van der Waals surface area contributed by atoms with Crippen LogP contribution in [0.3, 0.4) is 0 Å². The molecule has 0 bridgehead atoms. The summed E-state index contributed by atoms with van der Waals surface area (Å²) in [5, 5.41) is 4.40. The summed E-state index contributed by atoms with van der Waals surface area (Å²) in [5.74, 6) is -0.494. The van der Waals surface area contributed by atoms with Gasteiger partial charge >= 0.3 is 0 Å². The van der Waals surface area contributed by atoms with E-state index in [9.17, 15) is 9.59 Å². The molecule has 0 spiro atoms. The fraction of sp³-hybridized carbons (Fsp3) is 0.364. The van der Waals surface area contributed by atoms with E-state index in [0.29, 0.717) is 0 Å². The van der Waals surface area contributed by atoms with Crippen LogP contribution in [0.1, 0.15) is 29.2 Å². The summed E-state index contributed by atoms with van der Waals surface area (Å²) < 4.78 is 0.